The van der Waals surface area contributed by atoms with Crippen LogP contribution in [0.1, 0.15) is 78.6 Å². The highest BCUT2D eigenvalue weighted by Crippen LogP contribution is 2.76. The SMILES string of the molecule is CC(=O)OCC12C(OC(C)=O)CC3C(C1C(C)(OC(C)=O)C(=O)C1(O)CC(C)C(OC(C)=O)C1C2OC(=O)c1ccccc1)C3(C)C. The molecule has 5 rings (SSSR count). The summed E-state index contributed by atoms with van der Waals surface area (Å²) in [4.78, 5) is 80.0. The summed E-state index contributed by atoms with van der Waals surface area (Å²) in [7, 11) is 0. The van der Waals surface area contributed by atoms with Crippen molar-refractivity contribution in [1.29, 1.82) is 0 Å². The van der Waals surface area contributed by atoms with Gasteiger partial charge < -0.3 is 28.8 Å². The van der Waals surface area contributed by atoms with E-state index in [1.54, 1.807) is 25.1 Å². The molecule has 1 aromatic carbocycles. The van der Waals surface area contributed by atoms with Crippen molar-refractivity contribution in [3.8, 4) is 0 Å². The third kappa shape index (κ3) is 5.42. The quantitative estimate of drug-likeness (QED) is 0.337. The Labute approximate surface area is 273 Å². The smallest absolute Gasteiger partial charge is 0.338 e. The van der Waals surface area contributed by atoms with Crippen LogP contribution < -0.4 is 0 Å². The predicted octanol–water partition coefficient (Wildman–Crippen LogP) is 3.21. The Balaban J connectivity index is 1.90. The lowest BCUT2D eigenvalue weighted by molar-refractivity contribution is -0.231. The number of ketones is 1. The van der Waals surface area contributed by atoms with Crippen LogP contribution in [0.3, 0.4) is 0 Å². The maximum Gasteiger partial charge on any atom is 0.338 e. The second kappa shape index (κ2) is 11.7. The lowest BCUT2D eigenvalue weighted by Gasteiger charge is -2.55. The van der Waals surface area contributed by atoms with Gasteiger partial charge in [0.15, 0.2) is 5.60 Å². The van der Waals surface area contributed by atoms with Gasteiger partial charge in [0.2, 0.25) is 5.78 Å². The molecule has 0 saturated heterocycles. The Hall–Kier alpha value is -3.80. The zero-order valence-electron chi connectivity index (χ0n) is 28.1. The zero-order valence-corrected chi connectivity index (χ0v) is 28.1. The minimum absolute atomic E-state index is 0.146. The van der Waals surface area contributed by atoms with E-state index < -0.39 is 106 Å². The van der Waals surface area contributed by atoms with Gasteiger partial charge in [-0.05, 0) is 55.1 Å². The molecule has 47 heavy (non-hydrogen) atoms. The van der Waals surface area contributed by atoms with E-state index in [0.717, 1.165) is 6.92 Å². The van der Waals surface area contributed by atoms with Gasteiger partial charge in [-0.1, -0.05) is 39.0 Å². The van der Waals surface area contributed by atoms with Crippen LogP contribution in [0.2, 0.25) is 0 Å². The minimum Gasteiger partial charge on any atom is -0.465 e. The van der Waals surface area contributed by atoms with Crippen LogP contribution >= 0.6 is 0 Å². The fourth-order valence-electron chi connectivity index (χ4n) is 9.62. The number of rotatable bonds is 7. The molecule has 4 aliphatic carbocycles. The van der Waals surface area contributed by atoms with Crippen molar-refractivity contribution in [3.05, 3.63) is 35.9 Å². The molecule has 0 radical (unpaired) electrons. The molecule has 4 saturated carbocycles. The third-order valence-electron chi connectivity index (χ3n) is 11.3. The van der Waals surface area contributed by atoms with E-state index in [2.05, 4.69) is 0 Å². The second-order valence-corrected chi connectivity index (χ2v) is 14.6. The van der Waals surface area contributed by atoms with Crippen molar-refractivity contribution >= 4 is 35.6 Å². The molecule has 0 amide bonds. The van der Waals surface area contributed by atoms with Gasteiger partial charge in [-0.15, -0.1) is 0 Å². The van der Waals surface area contributed by atoms with E-state index in [4.69, 9.17) is 23.7 Å². The van der Waals surface area contributed by atoms with Gasteiger partial charge in [0.1, 0.15) is 30.5 Å². The minimum atomic E-state index is -2.36. The van der Waals surface area contributed by atoms with Gasteiger partial charge in [0.05, 0.1) is 16.9 Å². The van der Waals surface area contributed by atoms with Crippen molar-refractivity contribution in [2.45, 2.75) is 97.7 Å². The maximum absolute atomic E-state index is 15.1. The molecule has 4 aliphatic rings. The fourth-order valence-corrected chi connectivity index (χ4v) is 9.62. The first-order valence-electron chi connectivity index (χ1n) is 16.0. The van der Waals surface area contributed by atoms with E-state index in [0.29, 0.717) is 0 Å². The van der Waals surface area contributed by atoms with Crippen molar-refractivity contribution in [1.82, 2.24) is 0 Å². The predicted molar refractivity (Wildman–Crippen MR) is 162 cm³/mol. The fraction of sp³-hybridized carbons (Fsp3) is 0.657. The molecule has 11 atom stereocenters. The van der Waals surface area contributed by atoms with Crippen LogP contribution in [0.25, 0.3) is 0 Å². The number of Topliss-reactive ketones (excluding diaryl/α,β-unsaturated/α-hetero) is 1. The largest absolute Gasteiger partial charge is 0.465 e. The number of aliphatic hydroxyl groups is 1. The molecule has 12 heteroatoms. The second-order valence-electron chi connectivity index (χ2n) is 14.6. The third-order valence-corrected chi connectivity index (χ3v) is 11.3. The highest BCUT2D eigenvalue weighted by Gasteiger charge is 2.84. The highest BCUT2D eigenvalue weighted by molar-refractivity contribution is 5.98. The number of ether oxygens (including phenoxy) is 5. The van der Waals surface area contributed by atoms with Crippen LogP contribution in [-0.4, -0.2) is 76.9 Å². The summed E-state index contributed by atoms with van der Waals surface area (Å²) >= 11 is 0. The summed E-state index contributed by atoms with van der Waals surface area (Å²) in [5, 5.41) is 12.7. The average molecular weight is 657 g/mol. The van der Waals surface area contributed by atoms with E-state index in [9.17, 15) is 29.1 Å². The summed E-state index contributed by atoms with van der Waals surface area (Å²) in [6, 6.07) is 8.04. The number of hydrogen-bond donors (Lipinski definition) is 1. The molecule has 4 fully saturated rings. The van der Waals surface area contributed by atoms with Crippen LogP contribution in [-0.2, 0) is 47.7 Å². The lowest BCUT2D eigenvalue weighted by Crippen LogP contribution is -2.66. The molecule has 12 nitrogen and oxygen atoms in total. The molecule has 0 spiro atoms. The Morgan fingerprint density at radius 3 is 2.02 bits per heavy atom. The molecule has 1 N–H and O–H groups in total. The number of hydrogen-bond acceptors (Lipinski definition) is 12. The molecular weight excluding hydrogens is 612 g/mol. The number of benzene rings is 1. The average Bonchev–Trinajstić information content (AvgIpc) is 3.41. The van der Waals surface area contributed by atoms with Gasteiger partial charge in [0, 0.05) is 33.6 Å². The first kappa shape index (κ1) is 34.5. The first-order chi connectivity index (χ1) is 21.8. The Morgan fingerprint density at radius 2 is 1.47 bits per heavy atom. The molecule has 1 aromatic rings. The number of esters is 5. The molecule has 0 aliphatic heterocycles. The Morgan fingerprint density at radius 1 is 0.851 bits per heavy atom. The van der Waals surface area contributed by atoms with Crippen molar-refractivity contribution in [2.75, 3.05) is 6.61 Å². The van der Waals surface area contributed by atoms with Crippen LogP contribution in [0.4, 0.5) is 0 Å². The molecule has 0 aromatic heterocycles. The topological polar surface area (TPSA) is 169 Å². The Bertz CT molecular complexity index is 1490. The van der Waals surface area contributed by atoms with Gasteiger partial charge >= 0.3 is 29.8 Å². The monoisotopic (exact) mass is 656 g/mol. The molecule has 0 bridgehead atoms. The summed E-state index contributed by atoms with van der Waals surface area (Å²) in [6.07, 6.45) is -3.87. The highest BCUT2D eigenvalue weighted by atomic mass is 16.6. The number of carbonyl (C=O) groups excluding carboxylic acids is 6. The standard InChI is InChI=1S/C35H44O12/c1-17-15-35(42)26(27(17)45-20(4)38)29(46-30(40)22-12-10-9-11-13-22)34(16-43-18(2)36)24(44-19(3)37)14-23-25(32(23,6)7)28(34)33(8,31(35)41)47-21(5)39/h9-13,17,23-29,42H,14-16H2,1-8H3. The Kier molecular flexibility index (Phi) is 8.61. The van der Waals surface area contributed by atoms with E-state index in [1.165, 1.54) is 39.8 Å². The van der Waals surface area contributed by atoms with Gasteiger partial charge in [-0.2, -0.15) is 0 Å². The number of carbonyl (C=O) groups is 6. The van der Waals surface area contributed by atoms with Gasteiger partial charge in [0.25, 0.3) is 0 Å². The normalized spacial score (nSPS) is 39.6. The molecular formula is C35H44O12. The molecule has 256 valence electrons. The van der Waals surface area contributed by atoms with Crippen LogP contribution in [0.5, 0.6) is 0 Å². The van der Waals surface area contributed by atoms with Crippen molar-refractivity contribution in [2.24, 2.45) is 40.4 Å². The van der Waals surface area contributed by atoms with Crippen molar-refractivity contribution < 1.29 is 57.6 Å². The van der Waals surface area contributed by atoms with E-state index in [-0.39, 0.29) is 24.3 Å². The van der Waals surface area contributed by atoms with Crippen molar-refractivity contribution in [3.63, 3.8) is 0 Å². The molecule has 11 unspecified atom stereocenters. The summed E-state index contributed by atoms with van der Waals surface area (Å²) in [5.41, 5.74) is -6.57. The van der Waals surface area contributed by atoms with Gasteiger partial charge in [-0.3, -0.25) is 24.0 Å². The van der Waals surface area contributed by atoms with Crippen LogP contribution in [0.15, 0.2) is 30.3 Å². The van der Waals surface area contributed by atoms with E-state index >= 15 is 4.79 Å². The zero-order chi connectivity index (χ0) is 34.9. The van der Waals surface area contributed by atoms with Crippen LogP contribution in [0, 0.1) is 40.4 Å². The van der Waals surface area contributed by atoms with Gasteiger partial charge in [-0.25, -0.2) is 4.79 Å². The maximum atomic E-state index is 15.1. The summed E-state index contributed by atoms with van der Waals surface area (Å²) < 4.78 is 30.1. The van der Waals surface area contributed by atoms with E-state index in [1.807, 2.05) is 13.8 Å². The first-order valence-corrected chi connectivity index (χ1v) is 16.0. The summed E-state index contributed by atoms with van der Waals surface area (Å²) in [5.74, 6) is -8.31. The number of fused-ring (bicyclic) bond motifs is 4. The summed E-state index contributed by atoms with van der Waals surface area (Å²) in [6.45, 7) is 11.3. The molecule has 0 heterocycles. The lowest BCUT2D eigenvalue weighted by atomic mass is 9.55.